The minimum Gasteiger partial charge on any atom is -0.504 e. The molecule has 0 spiro atoms. The third-order valence-corrected chi connectivity index (χ3v) is 7.45. The molecule has 0 radical (unpaired) electrons. The van der Waals surface area contributed by atoms with E-state index in [9.17, 15) is 30.3 Å². The number of allylic oxidation sites excluding steroid dienone is 4. The average molecular weight is 509 g/mol. The van der Waals surface area contributed by atoms with Crippen LogP contribution in [0.2, 0.25) is 0 Å². The van der Waals surface area contributed by atoms with Crippen molar-refractivity contribution in [1.82, 2.24) is 0 Å². The Morgan fingerprint density at radius 1 is 1.03 bits per heavy atom. The summed E-state index contributed by atoms with van der Waals surface area (Å²) < 4.78 is 11.7. The zero-order valence-electron chi connectivity index (χ0n) is 21.0. The van der Waals surface area contributed by atoms with Gasteiger partial charge in [-0.1, -0.05) is 38.1 Å². The van der Waals surface area contributed by atoms with E-state index in [1.807, 2.05) is 19.9 Å². The molecular weight excluding hydrogens is 476 g/mol. The first-order valence-electron chi connectivity index (χ1n) is 12.2. The summed E-state index contributed by atoms with van der Waals surface area (Å²) in [6.45, 7) is 5.76. The van der Waals surface area contributed by atoms with E-state index in [4.69, 9.17) is 9.47 Å². The van der Waals surface area contributed by atoms with E-state index in [1.165, 1.54) is 30.3 Å². The maximum atomic E-state index is 12.6. The van der Waals surface area contributed by atoms with Gasteiger partial charge in [0.05, 0.1) is 0 Å². The van der Waals surface area contributed by atoms with E-state index < -0.39 is 17.5 Å². The van der Waals surface area contributed by atoms with Crippen molar-refractivity contribution in [3.05, 3.63) is 83.3 Å². The van der Waals surface area contributed by atoms with Gasteiger partial charge in [0.25, 0.3) is 0 Å². The molecule has 1 aliphatic heterocycles. The van der Waals surface area contributed by atoms with Gasteiger partial charge in [0.15, 0.2) is 28.8 Å². The molecule has 1 fully saturated rings. The highest BCUT2D eigenvalue weighted by Gasteiger charge is 2.54. The van der Waals surface area contributed by atoms with E-state index in [-0.39, 0.29) is 46.7 Å². The van der Waals surface area contributed by atoms with Crippen LogP contribution in [0, 0.1) is 17.3 Å². The Balaban J connectivity index is 1.44. The topological polar surface area (TPSA) is 137 Å². The van der Waals surface area contributed by atoms with Crippen molar-refractivity contribution in [2.75, 3.05) is 0 Å². The highest BCUT2D eigenvalue weighted by Crippen LogP contribution is 2.55. The average Bonchev–Trinajstić information content (AvgIpc) is 3.10. The lowest BCUT2D eigenvalue weighted by Gasteiger charge is -2.36. The lowest BCUT2D eigenvalue weighted by molar-refractivity contribution is -0.142. The Bertz CT molecular complexity index is 1280. The second kappa shape index (κ2) is 10.1. The van der Waals surface area contributed by atoms with Crippen LogP contribution in [-0.4, -0.2) is 43.7 Å². The number of aromatic hydroxyl groups is 4. The molecule has 5 atom stereocenters. The molecule has 0 saturated carbocycles. The normalized spacial score (nSPS) is 25.6. The van der Waals surface area contributed by atoms with Gasteiger partial charge in [-0.25, -0.2) is 4.79 Å². The molecule has 8 heteroatoms. The number of carbonyl (C=O) groups is 1. The number of carbonyl (C=O) groups excluding carboxylic acids is 1. The van der Waals surface area contributed by atoms with Crippen molar-refractivity contribution >= 4 is 5.97 Å². The molecule has 1 aliphatic carbocycles. The fourth-order valence-corrected chi connectivity index (χ4v) is 5.14. The van der Waals surface area contributed by atoms with Crippen LogP contribution in [0.5, 0.6) is 23.0 Å². The molecule has 0 amide bonds. The minimum atomic E-state index is -0.617. The van der Waals surface area contributed by atoms with E-state index in [0.717, 1.165) is 11.1 Å². The highest BCUT2D eigenvalue weighted by atomic mass is 16.5. The molecule has 0 aromatic heterocycles. The predicted octanol–water partition coefficient (Wildman–Crippen LogP) is 4.78. The van der Waals surface area contributed by atoms with Gasteiger partial charge in [0, 0.05) is 36.2 Å². The monoisotopic (exact) mass is 508 g/mol. The van der Waals surface area contributed by atoms with Crippen LogP contribution in [0.1, 0.15) is 31.9 Å². The van der Waals surface area contributed by atoms with Crippen LogP contribution in [-0.2, 0) is 27.1 Å². The molecular formula is C29H32O8. The molecule has 2 aromatic carbocycles. The Kier molecular flexibility index (Phi) is 7.12. The number of fused-ring (bicyclic) bond motifs is 1. The van der Waals surface area contributed by atoms with E-state index in [0.29, 0.717) is 18.6 Å². The van der Waals surface area contributed by atoms with Gasteiger partial charge in [-0.3, -0.25) is 0 Å². The second-order valence-corrected chi connectivity index (χ2v) is 9.99. The summed E-state index contributed by atoms with van der Waals surface area (Å²) in [7, 11) is 0. The molecule has 2 aliphatic rings. The second-order valence-electron chi connectivity index (χ2n) is 9.99. The number of aliphatic hydroxyl groups excluding tert-OH is 1. The summed E-state index contributed by atoms with van der Waals surface area (Å²) in [4.78, 5) is 12.6. The summed E-state index contributed by atoms with van der Waals surface area (Å²) in [5, 5.41) is 49.1. The molecule has 4 rings (SSSR count). The van der Waals surface area contributed by atoms with Crippen LogP contribution < -0.4 is 0 Å². The smallest absolute Gasteiger partial charge is 0.330 e. The van der Waals surface area contributed by atoms with Crippen LogP contribution in [0.25, 0.3) is 0 Å². The fourth-order valence-electron chi connectivity index (χ4n) is 5.14. The number of esters is 1. The molecule has 37 heavy (non-hydrogen) atoms. The number of hydrogen-bond acceptors (Lipinski definition) is 8. The highest BCUT2D eigenvalue weighted by molar-refractivity contribution is 5.82. The number of rotatable bonds is 7. The van der Waals surface area contributed by atoms with Crippen molar-refractivity contribution in [3.8, 4) is 23.0 Å². The lowest BCUT2D eigenvalue weighted by atomic mass is 9.64. The third-order valence-electron chi connectivity index (χ3n) is 7.45. The summed E-state index contributed by atoms with van der Waals surface area (Å²) in [5.74, 6) is -1.15. The van der Waals surface area contributed by atoms with Crippen molar-refractivity contribution in [3.63, 3.8) is 0 Å². The maximum Gasteiger partial charge on any atom is 0.330 e. The molecule has 2 aromatic rings. The van der Waals surface area contributed by atoms with Crippen LogP contribution in [0.3, 0.4) is 0 Å². The van der Waals surface area contributed by atoms with Crippen LogP contribution in [0.4, 0.5) is 0 Å². The van der Waals surface area contributed by atoms with E-state index in [1.54, 1.807) is 31.2 Å². The number of benzene rings is 2. The number of hydrogen-bond donors (Lipinski definition) is 5. The molecule has 1 saturated heterocycles. The number of phenols is 4. The van der Waals surface area contributed by atoms with Gasteiger partial charge < -0.3 is 35.0 Å². The Hall–Kier alpha value is -4.07. The van der Waals surface area contributed by atoms with Crippen molar-refractivity contribution in [1.29, 1.82) is 0 Å². The number of ether oxygens (including phenoxy) is 2. The third kappa shape index (κ3) is 5.23. The number of phenolic OH excluding ortho intramolecular Hbond substituents is 4. The summed E-state index contributed by atoms with van der Waals surface area (Å²) >= 11 is 0. The first-order chi connectivity index (χ1) is 17.5. The van der Waals surface area contributed by atoms with Gasteiger partial charge in [-0.15, -0.1) is 0 Å². The molecule has 1 heterocycles. The van der Waals surface area contributed by atoms with E-state index in [2.05, 4.69) is 0 Å². The van der Waals surface area contributed by atoms with Gasteiger partial charge in [-0.05, 0) is 48.4 Å². The maximum absolute atomic E-state index is 12.6. The fraction of sp³-hybridized carbons (Fsp3) is 0.345. The van der Waals surface area contributed by atoms with Crippen molar-refractivity contribution in [2.45, 2.75) is 45.8 Å². The molecule has 8 nitrogen and oxygen atoms in total. The quantitative estimate of drug-likeness (QED) is 0.205. The lowest BCUT2D eigenvalue weighted by Crippen LogP contribution is -2.35. The van der Waals surface area contributed by atoms with E-state index >= 15 is 0 Å². The molecule has 3 unspecified atom stereocenters. The zero-order chi connectivity index (χ0) is 26.9. The standard InChI is InChI=1S/C29H32O8/c1-16(12-18-4-8-21(30)24(33)13-18)36-27(35)11-7-20-6-10-23(32)28-29(20,3)17(2)26(37-28)15-19-5-9-22(31)25(34)14-19/h4-11,13-14,16-17,20,26,30-34H,12,15H2,1-3H3/b11-7+/t16-,17+,20?,26?,29?/m0/s1. The molecule has 5 N–H and O–H groups in total. The Morgan fingerprint density at radius 2 is 1.65 bits per heavy atom. The summed E-state index contributed by atoms with van der Waals surface area (Å²) in [5.41, 5.74) is 0.889. The molecule has 196 valence electrons. The zero-order valence-corrected chi connectivity index (χ0v) is 21.0. The Labute approximate surface area is 215 Å². The van der Waals surface area contributed by atoms with Crippen LogP contribution in [0.15, 0.2) is 72.2 Å². The van der Waals surface area contributed by atoms with Gasteiger partial charge in [-0.2, -0.15) is 0 Å². The number of aliphatic hydroxyl groups is 1. The largest absolute Gasteiger partial charge is 0.504 e. The molecule has 0 bridgehead atoms. The Morgan fingerprint density at radius 3 is 2.30 bits per heavy atom. The first kappa shape index (κ1) is 26.0. The minimum absolute atomic E-state index is 0.0448. The first-order valence-corrected chi connectivity index (χ1v) is 12.2. The predicted molar refractivity (Wildman–Crippen MR) is 136 cm³/mol. The van der Waals surface area contributed by atoms with Crippen molar-refractivity contribution < 1.29 is 39.8 Å². The van der Waals surface area contributed by atoms with Gasteiger partial charge in [0.2, 0.25) is 0 Å². The van der Waals surface area contributed by atoms with Crippen molar-refractivity contribution in [2.24, 2.45) is 17.3 Å². The van der Waals surface area contributed by atoms with Crippen LogP contribution >= 0.6 is 0 Å². The van der Waals surface area contributed by atoms with Gasteiger partial charge in [0.1, 0.15) is 18.0 Å². The summed E-state index contributed by atoms with van der Waals surface area (Å²) in [6.07, 6.45) is 6.60. The SMILES string of the molecule is C[C@@H]1C(Cc2ccc(O)c(O)c2)OC2=C(O)C=CC(/C=C/C(=O)O[C@@H](C)Cc3ccc(O)c(O)c3)C21C. The van der Waals surface area contributed by atoms with Gasteiger partial charge >= 0.3 is 5.97 Å². The summed E-state index contributed by atoms with van der Waals surface area (Å²) in [6, 6.07) is 9.12.